The molecule has 4 nitrogen and oxygen atoms in total. The monoisotopic (exact) mass is 481 g/mol. The fraction of sp³-hybridized carbons (Fsp3) is 0.143. The number of nitrogens with one attached hydrogen (secondary N) is 1. The number of hydrogen-bond acceptors (Lipinski definition) is 3. The molecule has 0 fully saturated rings. The average Bonchev–Trinajstić information content (AvgIpc) is 2.43. The van der Waals surface area contributed by atoms with E-state index in [0.717, 1.165) is 9.13 Å². The molecule has 7 heteroatoms. The Morgan fingerprint density at radius 2 is 1.86 bits per heavy atom. The zero-order chi connectivity index (χ0) is 15.6. The summed E-state index contributed by atoms with van der Waals surface area (Å²) in [5.41, 5.74) is 1.80. The topological polar surface area (TPSA) is 66.4 Å². The van der Waals surface area contributed by atoms with Gasteiger partial charge in [0.2, 0.25) is 0 Å². The second kappa shape index (κ2) is 6.64. The Hall–Kier alpha value is -0.640. The smallest absolute Gasteiger partial charge is 0.263 e. The molecule has 0 aliphatic rings. The first-order valence-corrected chi connectivity index (χ1v) is 9.37. The van der Waals surface area contributed by atoms with Crippen LogP contribution < -0.4 is 4.72 Å². The van der Waals surface area contributed by atoms with Crippen LogP contribution in [0.3, 0.4) is 0 Å². The first-order chi connectivity index (χ1) is 9.83. The summed E-state index contributed by atoms with van der Waals surface area (Å²) in [4.78, 5) is 0.116. The van der Waals surface area contributed by atoms with Crippen LogP contribution in [-0.2, 0) is 16.6 Å². The van der Waals surface area contributed by atoms with E-state index in [1.54, 1.807) is 25.1 Å². The maximum absolute atomic E-state index is 12.5. The maximum atomic E-state index is 12.5. The molecule has 0 bridgehead atoms. The second-order valence-corrected chi connectivity index (χ2v) is 8.18. The van der Waals surface area contributed by atoms with Crippen molar-refractivity contribution in [3.63, 3.8) is 0 Å². The van der Waals surface area contributed by atoms with Gasteiger partial charge in [0.05, 0.1) is 6.61 Å². The molecule has 2 rings (SSSR count). The third-order valence-corrected chi connectivity index (χ3v) is 6.29. The van der Waals surface area contributed by atoms with Gasteiger partial charge in [0.15, 0.2) is 0 Å². The van der Waals surface area contributed by atoms with Crippen LogP contribution in [0.2, 0.25) is 0 Å². The number of anilines is 1. The molecule has 0 spiro atoms. The molecule has 0 atom stereocenters. The second-order valence-electron chi connectivity index (χ2n) is 4.50. The van der Waals surface area contributed by atoms with E-state index in [1.165, 1.54) is 6.07 Å². The molecule has 0 unspecified atom stereocenters. The van der Waals surface area contributed by atoms with E-state index in [9.17, 15) is 13.5 Å². The SMILES string of the molecule is Cc1cc(CO)cc(S(=O)(=O)Nc2ccc(I)cc2)c1Br. The number of benzene rings is 2. The molecule has 0 heterocycles. The van der Waals surface area contributed by atoms with Crippen LogP contribution in [0, 0.1) is 10.5 Å². The van der Waals surface area contributed by atoms with Gasteiger partial charge in [0.1, 0.15) is 4.90 Å². The largest absolute Gasteiger partial charge is 0.392 e. The van der Waals surface area contributed by atoms with Crippen LogP contribution in [0.4, 0.5) is 5.69 Å². The van der Waals surface area contributed by atoms with Crippen LogP contribution in [0.15, 0.2) is 45.8 Å². The lowest BCUT2D eigenvalue weighted by Gasteiger charge is -2.12. The number of rotatable bonds is 4. The summed E-state index contributed by atoms with van der Waals surface area (Å²) >= 11 is 5.45. The summed E-state index contributed by atoms with van der Waals surface area (Å²) in [6, 6.07) is 10.3. The number of aliphatic hydroxyl groups excluding tert-OH is 1. The van der Waals surface area contributed by atoms with Gasteiger partial charge in [-0.05, 0) is 86.9 Å². The van der Waals surface area contributed by atoms with Crippen molar-refractivity contribution in [2.24, 2.45) is 0 Å². The van der Waals surface area contributed by atoms with Crippen molar-refractivity contribution in [3.8, 4) is 0 Å². The summed E-state index contributed by atoms with van der Waals surface area (Å²) in [5.74, 6) is 0. The van der Waals surface area contributed by atoms with Gasteiger partial charge in [-0.15, -0.1) is 0 Å². The zero-order valence-electron chi connectivity index (χ0n) is 11.1. The summed E-state index contributed by atoms with van der Waals surface area (Å²) in [6.07, 6.45) is 0. The van der Waals surface area contributed by atoms with Crippen LogP contribution >= 0.6 is 38.5 Å². The minimum absolute atomic E-state index is 0.116. The number of sulfonamides is 1. The van der Waals surface area contributed by atoms with Crippen molar-refractivity contribution >= 4 is 54.2 Å². The quantitative estimate of drug-likeness (QED) is 0.655. The normalized spacial score (nSPS) is 11.4. The van der Waals surface area contributed by atoms with Crippen molar-refractivity contribution in [3.05, 3.63) is 55.6 Å². The molecule has 2 aromatic rings. The fourth-order valence-electron chi connectivity index (χ4n) is 1.82. The van der Waals surface area contributed by atoms with Gasteiger partial charge in [0, 0.05) is 13.7 Å². The molecule has 2 N–H and O–H groups in total. The fourth-order valence-corrected chi connectivity index (χ4v) is 4.31. The molecule has 21 heavy (non-hydrogen) atoms. The predicted octanol–water partition coefficient (Wildman–Crippen LogP) is 3.66. The Kier molecular flexibility index (Phi) is 5.29. The van der Waals surface area contributed by atoms with Crippen molar-refractivity contribution in [2.75, 3.05) is 4.72 Å². The van der Waals surface area contributed by atoms with E-state index in [4.69, 9.17) is 0 Å². The molecular weight excluding hydrogens is 469 g/mol. The Morgan fingerprint density at radius 1 is 1.24 bits per heavy atom. The number of hydrogen-bond donors (Lipinski definition) is 2. The van der Waals surface area contributed by atoms with Gasteiger partial charge in [-0.1, -0.05) is 6.07 Å². The summed E-state index contributed by atoms with van der Waals surface area (Å²) in [6.45, 7) is 1.58. The Bertz CT molecular complexity index is 761. The lowest BCUT2D eigenvalue weighted by molar-refractivity contribution is 0.281. The van der Waals surface area contributed by atoms with E-state index in [0.29, 0.717) is 15.7 Å². The Morgan fingerprint density at radius 3 is 2.43 bits per heavy atom. The van der Waals surface area contributed by atoms with E-state index in [2.05, 4.69) is 43.2 Å². The molecule has 0 aliphatic carbocycles. The van der Waals surface area contributed by atoms with E-state index < -0.39 is 10.0 Å². The van der Waals surface area contributed by atoms with Crippen LogP contribution in [0.1, 0.15) is 11.1 Å². The molecule has 0 aliphatic heterocycles. The van der Waals surface area contributed by atoms with Crippen LogP contribution in [0.5, 0.6) is 0 Å². The van der Waals surface area contributed by atoms with Gasteiger partial charge >= 0.3 is 0 Å². The predicted molar refractivity (Wildman–Crippen MR) is 94.8 cm³/mol. The third kappa shape index (κ3) is 3.97. The van der Waals surface area contributed by atoms with E-state index >= 15 is 0 Å². The van der Waals surface area contributed by atoms with Crippen molar-refractivity contribution in [1.29, 1.82) is 0 Å². The average molecular weight is 482 g/mol. The van der Waals surface area contributed by atoms with Gasteiger partial charge < -0.3 is 5.11 Å². The van der Waals surface area contributed by atoms with Gasteiger partial charge in [-0.3, -0.25) is 4.72 Å². The number of aryl methyl sites for hydroxylation is 1. The molecule has 112 valence electrons. The molecule has 0 aromatic heterocycles. The Labute approximate surface area is 145 Å². The standard InChI is InChI=1S/C14H13BrINO3S/c1-9-6-10(8-18)7-13(14(9)15)21(19,20)17-12-4-2-11(16)3-5-12/h2-7,17-18H,8H2,1H3. The highest BCUT2D eigenvalue weighted by molar-refractivity contribution is 14.1. The van der Waals surface area contributed by atoms with E-state index in [-0.39, 0.29) is 11.5 Å². The number of aliphatic hydroxyl groups is 1. The molecular formula is C14H13BrINO3S. The summed E-state index contributed by atoms with van der Waals surface area (Å²) in [5, 5.41) is 9.23. The van der Waals surface area contributed by atoms with Crippen LogP contribution in [0.25, 0.3) is 0 Å². The van der Waals surface area contributed by atoms with Gasteiger partial charge in [-0.25, -0.2) is 8.42 Å². The van der Waals surface area contributed by atoms with Gasteiger partial charge in [-0.2, -0.15) is 0 Å². The third-order valence-electron chi connectivity index (χ3n) is 2.85. The van der Waals surface area contributed by atoms with E-state index in [1.807, 2.05) is 12.1 Å². The summed E-state index contributed by atoms with van der Waals surface area (Å²) in [7, 11) is -3.72. The first kappa shape index (κ1) is 16.7. The highest BCUT2D eigenvalue weighted by atomic mass is 127. The molecule has 0 saturated carbocycles. The van der Waals surface area contributed by atoms with Crippen LogP contribution in [-0.4, -0.2) is 13.5 Å². The molecule has 2 aromatic carbocycles. The van der Waals surface area contributed by atoms with Crippen molar-refractivity contribution in [1.82, 2.24) is 0 Å². The highest BCUT2D eigenvalue weighted by Gasteiger charge is 2.20. The summed E-state index contributed by atoms with van der Waals surface area (Å²) < 4.78 is 29.1. The lowest BCUT2D eigenvalue weighted by Crippen LogP contribution is -2.14. The highest BCUT2D eigenvalue weighted by Crippen LogP contribution is 2.29. The molecule has 0 radical (unpaired) electrons. The van der Waals surface area contributed by atoms with Gasteiger partial charge in [0.25, 0.3) is 10.0 Å². The van der Waals surface area contributed by atoms with Crippen molar-refractivity contribution in [2.45, 2.75) is 18.4 Å². The Balaban J connectivity index is 2.44. The molecule has 0 saturated heterocycles. The minimum Gasteiger partial charge on any atom is -0.392 e. The lowest BCUT2D eigenvalue weighted by atomic mass is 10.1. The maximum Gasteiger partial charge on any atom is 0.263 e. The zero-order valence-corrected chi connectivity index (χ0v) is 15.7. The first-order valence-electron chi connectivity index (χ1n) is 6.02. The molecule has 0 amide bonds. The minimum atomic E-state index is -3.72. The van der Waals surface area contributed by atoms with Crippen molar-refractivity contribution < 1.29 is 13.5 Å². The number of halogens is 2.